The van der Waals surface area contributed by atoms with Crippen LogP contribution in [0.15, 0.2) is 0 Å². The largest absolute Gasteiger partial charge is 0.466 e. The highest BCUT2D eigenvalue weighted by Gasteiger charge is 2.39. The fourth-order valence-corrected chi connectivity index (χ4v) is 3.13. The fourth-order valence-electron chi connectivity index (χ4n) is 3.13. The minimum atomic E-state index is -0.286. The Labute approximate surface area is 132 Å². The smallest absolute Gasteiger partial charge is 0.320 e. The molecule has 1 fully saturated rings. The van der Waals surface area contributed by atoms with Crippen molar-refractivity contribution in [1.29, 1.82) is 0 Å². The maximum Gasteiger partial charge on any atom is 0.320 e. The van der Waals surface area contributed by atoms with Gasteiger partial charge in [0.25, 0.3) is 0 Å². The molecule has 0 amide bonds. The van der Waals surface area contributed by atoms with Crippen LogP contribution in [-0.2, 0) is 23.9 Å². The molecule has 0 radical (unpaired) electrons. The molecule has 1 saturated heterocycles. The number of ether oxygens (including phenoxy) is 2. The van der Waals surface area contributed by atoms with Gasteiger partial charge in [0.2, 0.25) is 0 Å². The Kier molecular flexibility index (Phi) is 8.09. The number of rotatable bonds is 8. The highest BCUT2D eigenvalue weighted by Crippen LogP contribution is 2.31. The van der Waals surface area contributed by atoms with Crippen molar-refractivity contribution < 1.29 is 23.9 Å². The van der Waals surface area contributed by atoms with E-state index in [9.17, 15) is 14.4 Å². The van der Waals surface area contributed by atoms with Crippen LogP contribution in [0.5, 0.6) is 0 Å². The zero-order valence-electron chi connectivity index (χ0n) is 13.7. The average Bonchev–Trinajstić information content (AvgIpc) is 2.49. The van der Waals surface area contributed by atoms with E-state index in [2.05, 4.69) is 0 Å². The normalized spacial score (nSPS) is 25.5. The molecule has 3 atom stereocenters. The molecule has 6 nitrogen and oxygen atoms in total. The number of hydrogen-bond donors (Lipinski definition) is 0. The predicted octanol–water partition coefficient (Wildman–Crippen LogP) is 1.56. The molecule has 1 aliphatic rings. The highest BCUT2D eigenvalue weighted by atomic mass is 16.5. The van der Waals surface area contributed by atoms with E-state index in [1.54, 1.807) is 13.8 Å². The van der Waals surface area contributed by atoms with Gasteiger partial charge in [0, 0.05) is 18.5 Å². The summed E-state index contributed by atoms with van der Waals surface area (Å²) in [4.78, 5) is 36.8. The van der Waals surface area contributed by atoms with Crippen molar-refractivity contribution in [3.05, 3.63) is 0 Å². The van der Waals surface area contributed by atoms with Crippen molar-refractivity contribution in [2.45, 2.75) is 58.5 Å². The molecule has 1 rings (SSSR count). The number of esters is 2. The highest BCUT2D eigenvalue weighted by molar-refractivity contribution is 5.74. The Bertz CT molecular complexity index is 385. The Morgan fingerprint density at radius 1 is 1.09 bits per heavy atom. The lowest BCUT2D eigenvalue weighted by Crippen LogP contribution is -2.52. The van der Waals surface area contributed by atoms with E-state index in [1.165, 1.54) is 0 Å². The number of carbonyl (C=O) groups excluding carboxylic acids is 3. The van der Waals surface area contributed by atoms with Crippen LogP contribution in [-0.4, -0.2) is 55.0 Å². The van der Waals surface area contributed by atoms with Crippen LogP contribution in [0, 0.1) is 5.92 Å². The average molecular weight is 313 g/mol. The minimum Gasteiger partial charge on any atom is -0.466 e. The number of likely N-dealkylation sites (tertiary alicyclic amines) is 1. The number of hydrogen-bond acceptors (Lipinski definition) is 6. The van der Waals surface area contributed by atoms with Gasteiger partial charge in [-0.15, -0.1) is 0 Å². The summed E-state index contributed by atoms with van der Waals surface area (Å²) in [5.74, 6) is -0.688. The van der Waals surface area contributed by atoms with Gasteiger partial charge in [-0.25, -0.2) is 0 Å². The molecule has 6 heteroatoms. The third-order valence-corrected chi connectivity index (χ3v) is 4.13. The molecule has 0 saturated carbocycles. The van der Waals surface area contributed by atoms with E-state index in [4.69, 9.17) is 9.47 Å². The van der Waals surface area contributed by atoms with Crippen LogP contribution >= 0.6 is 0 Å². The molecule has 126 valence electrons. The SMILES string of the molecule is CCOC(=O)CN1C(CC)CC(C(=O)OCC)CC1CC=O. The van der Waals surface area contributed by atoms with Crippen molar-refractivity contribution in [1.82, 2.24) is 4.90 Å². The summed E-state index contributed by atoms with van der Waals surface area (Å²) >= 11 is 0. The first-order valence-corrected chi connectivity index (χ1v) is 8.08. The van der Waals surface area contributed by atoms with E-state index >= 15 is 0 Å². The van der Waals surface area contributed by atoms with E-state index in [-0.39, 0.29) is 36.5 Å². The van der Waals surface area contributed by atoms with E-state index in [0.717, 1.165) is 12.7 Å². The second-order valence-corrected chi connectivity index (χ2v) is 5.52. The molecule has 1 aliphatic heterocycles. The molecule has 0 aromatic rings. The number of carbonyl (C=O) groups is 3. The Balaban J connectivity index is 2.83. The van der Waals surface area contributed by atoms with Gasteiger partial charge in [0.05, 0.1) is 25.7 Å². The summed E-state index contributed by atoms with van der Waals surface area (Å²) in [6.07, 6.45) is 3.18. The summed E-state index contributed by atoms with van der Waals surface area (Å²) in [7, 11) is 0. The lowest BCUT2D eigenvalue weighted by atomic mass is 9.84. The summed E-state index contributed by atoms with van der Waals surface area (Å²) < 4.78 is 10.1. The minimum absolute atomic E-state index is 0.0810. The molecule has 0 aliphatic carbocycles. The molecular formula is C16H27NO5. The van der Waals surface area contributed by atoms with Gasteiger partial charge in [-0.2, -0.15) is 0 Å². The zero-order chi connectivity index (χ0) is 16.5. The van der Waals surface area contributed by atoms with Crippen LogP contribution in [0.2, 0.25) is 0 Å². The summed E-state index contributed by atoms with van der Waals surface area (Å²) in [5.41, 5.74) is 0. The molecule has 0 aromatic heterocycles. The van der Waals surface area contributed by atoms with Gasteiger partial charge >= 0.3 is 11.9 Å². The van der Waals surface area contributed by atoms with Crippen molar-refractivity contribution in [3.63, 3.8) is 0 Å². The molecule has 0 N–H and O–H groups in total. The number of piperidine rings is 1. The summed E-state index contributed by atoms with van der Waals surface area (Å²) in [5, 5.41) is 0. The first kappa shape index (κ1) is 18.6. The third kappa shape index (κ3) is 5.09. The maximum absolute atomic E-state index is 12.0. The van der Waals surface area contributed by atoms with Crippen LogP contribution in [0.3, 0.4) is 0 Å². The monoisotopic (exact) mass is 313 g/mol. The van der Waals surface area contributed by atoms with Crippen molar-refractivity contribution in [2.75, 3.05) is 19.8 Å². The van der Waals surface area contributed by atoms with Gasteiger partial charge in [0.1, 0.15) is 6.29 Å². The standard InChI is InChI=1S/C16H27NO5/c1-4-13-9-12(16(20)22-6-3)10-14(7-8-18)17(13)11-15(19)21-5-2/h8,12-14H,4-7,9-11H2,1-3H3. The van der Waals surface area contributed by atoms with Crippen LogP contribution in [0.4, 0.5) is 0 Å². The van der Waals surface area contributed by atoms with Crippen LogP contribution in [0.25, 0.3) is 0 Å². The second kappa shape index (κ2) is 9.56. The maximum atomic E-state index is 12.0. The molecular weight excluding hydrogens is 286 g/mol. The molecule has 0 aromatic carbocycles. The van der Waals surface area contributed by atoms with Crippen molar-refractivity contribution >= 4 is 18.2 Å². The molecule has 22 heavy (non-hydrogen) atoms. The van der Waals surface area contributed by atoms with Crippen LogP contribution in [0.1, 0.15) is 46.5 Å². The third-order valence-electron chi connectivity index (χ3n) is 4.13. The van der Waals surface area contributed by atoms with E-state index in [0.29, 0.717) is 32.5 Å². The topological polar surface area (TPSA) is 72.9 Å². The summed E-state index contributed by atoms with van der Waals surface area (Å²) in [6.45, 7) is 6.44. The summed E-state index contributed by atoms with van der Waals surface area (Å²) in [6, 6.07) is -0.0347. The Morgan fingerprint density at radius 3 is 2.27 bits per heavy atom. The lowest BCUT2D eigenvalue weighted by molar-refractivity contribution is -0.154. The van der Waals surface area contributed by atoms with E-state index in [1.807, 2.05) is 11.8 Å². The molecule has 0 spiro atoms. The second-order valence-electron chi connectivity index (χ2n) is 5.52. The van der Waals surface area contributed by atoms with E-state index < -0.39 is 0 Å². The Morgan fingerprint density at radius 2 is 1.73 bits per heavy atom. The number of aldehydes is 1. The molecule has 0 bridgehead atoms. The van der Waals surface area contributed by atoms with Gasteiger partial charge in [0.15, 0.2) is 0 Å². The zero-order valence-corrected chi connectivity index (χ0v) is 13.7. The molecule has 1 heterocycles. The number of nitrogens with zero attached hydrogens (tertiary/aromatic N) is 1. The van der Waals surface area contributed by atoms with Gasteiger partial charge in [-0.05, 0) is 33.1 Å². The van der Waals surface area contributed by atoms with Crippen LogP contribution < -0.4 is 0 Å². The first-order valence-electron chi connectivity index (χ1n) is 8.08. The predicted molar refractivity (Wildman–Crippen MR) is 81.2 cm³/mol. The lowest BCUT2D eigenvalue weighted by Gasteiger charge is -2.43. The quantitative estimate of drug-likeness (QED) is 0.500. The Hall–Kier alpha value is -1.43. The first-order chi connectivity index (χ1) is 10.6. The van der Waals surface area contributed by atoms with Gasteiger partial charge in [-0.1, -0.05) is 6.92 Å². The molecule has 3 unspecified atom stereocenters. The van der Waals surface area contributed by atoms with Crippen molar-refractivity contribution in [2.24, 2.45) is 5.92 Å². The van der Waals surface area contributed by atoms with Crippen molar-refractivity contribution in [3.8, 4) is 0 Å². The van der Waals surface area contributed by atoms with Gasteiger partial charge in [-0.3, -0.25) is 14.5 Å². The van der Waals surface area contributed by atoms with Gasteiger partial charge < -0.3 is 14.3 Å². The fraction of sp³-hybridized carbons (Fsp3) is 0.812.